The van der Waals surface area contributed by atoms with E-state index in [0.29, 0.717) is 5.56 Å². The lowest BCUT2D eigenvalue weighted by atomic mass is 9.84. The molecule has 1 aromatic carbocycles. The zero-order valence-corrected chi connectivity index (χ0v) is 11.8. The zero-order chi connectivity index (χ0) is 14.3. The van der Waals surface area contributed by atoms with Gasteiger partial charge in [-0.3, -0.25) is 14.8 Å². The molecule has 2 aromatic rings. The highest BCUT2D eigenvalue weighted by Crippen LogP contribution is 2.36. The summed E-state index contributed by atoms with van der Waals surface area (Å²) in [5.74, 6) is 0.0803. The molecule has 1 amide bonds. The van der Waals surface area contributed by atoms with Crippen molar-refractivity contribution in [3.8, 4) is 0 Å². The number of likely N-dealkylation sites (tertiary alicyclic amines) is 1. The van der Waals surface area contributed by atoms with Crippen LogP contribution in [-0.4, -0.2) is 46.1 Å². The van der Waals surface area contributed by atoms with E-state index in [9.17, 15) is 4.79 Å². The molecule has 4 rings (SSSR count). The third-order valence-corrected chi connectivity index (χ3v) is 4.64. The Labute approximate surface area is 122 Å². The van der Waals surface area contributed by atoms with Gasteiger partial charge in [-0.25, -0.2) is 0 Å². The van der Waals surface area contributed by atoms with Gasteiger partial charge in [-0.2, -0.15) is 0 Å². The summed E-state index contributed by atoms with van der Waals surface area (Å²) in [7, 11) is 0. The molecule has 1 spiro atoms. The van der Waals surface area contributed by atoms with Crippen molar-refractivity contribution in [2.45, 2.75) is 24.9 Å². The minimum atomic E-state index is 0.0750. The molecule has 2 fully saturated rings. The Kier molecular flexibility index (Phi) is 2.89. The van der Waals surface area contributed by atoms with E-state index < -0.39 is 0 Å². The summed E-state index contributed by atoms with van der Waals surface area (Å²) < 4.78 is 5.69. The van der Waals surface area contributed by atoms with Gasteiger partial charge in [0.05, 0.1) is 23.2 Å². The standard InChI is InChI=1S/C16H17N3O2/c20-15(19-8-3-16(4-9-19)5-10-21-16)12-1-2-13-14(11-12)18-7-6-17-13/h1-2,6-7,11H,3-5,8-10H2. The van der Waals surface area contributed by atoms with Crippen molar-refractivity contribution in [3.05, 3.63) is 36.2 Å². The van der Waals surface area contributed by atoms with Crippen LogP contribution in [0.25, 0.3) is 11.0 Å². The molecule has 108 valence electrons. The zero-order valence-electron chi connectivity index (χ0n) is 11.8. The van der Waals surface area contributed by atoms with Gasteiger partial charge in [-0.1, -0.05) is 0 Å². The molecule has 5 nitrogen and oxygen atoms in total. The molecular weight excluding hydrogens is 266 g/mol. The summed E-state index contributed by atoms with van der Waals surface area (Å²) >= 11 is 0. The molecular formula is C16H17N3O2. The number of benzene rings is 1. The van der Waals surface area contributed by atoms with Crippen LogP contribution in [0.4, 0.5) is 0 Å². The molecule has 5 heteroatoms. The highest BCUT2D eigenvalue weighted by atomic mass is 16.5. The summed E-state index contributed by atoms with van der Waals surface area (Å²) in [6.07, 6.45) is 6.35. The topological polar surface area (TPSA) is 55.3 Å². The normalized spacial score (nSPS) is 20.5. The lowest BCUT2D eigenvalue weighted by Crippen LogP contribution is -2.53. The SMILES string of the molecule is O=C(c1ccc2nccnc2c1)N1CCC2(CCO2)CC1. The van der Waals surface area contributed by atoms with Gasteiger partial charge >= 0.3 is 0 Å². The fraction of sp³-hybridized carbons (Fsp3) is 0.438. The number of nitrogens with zero attached hydrogens (tertiary/aromatic N) is 3. The van der Waals surface area contributed by atoms with Crippen molar-refractivity contribution in [1.82, 2.24) is 14.9 Å². The van der Waals surface area contributed by atoms with Crippen molar-refractivity contribution in [2.24, 2.45) is 0 Å². The van der Waals surface area contributed by atoms with Crippen LogP contribution < -0.4 is 0 Å². The summed E-state index contributed by atoms with van der Waals surface area (Å²) in [5.41, 5.74) is 2.34. The van der Waals surface area contributed by atoms with Crippen molar-refractivity contribution >= 4 is 16.9 Å². The predicted octanol–water partition coefficient (Wildman–Crippen LogP) is 2.02. The minimum absolute atomic E-state index is 0.0750. The second-order valence-electron chi connectivity index (χ2n) is 5.83. The second kappa shape index (κ2) is 4.77. The Morgan fingerprint density at radius 1 is 1.10 bits per heavy atom. The highest BCUT2D eigenvalue weighted by molar-refractivity contribution is 5.97. The van der Waals surface area contributed by atoms with Gasteiger partial charge in [0.25, 0.3) is 5.91 Å². The van der Waals surface area contributed by atoms with Crippen LogP contribution in [0.3, 0.4) is 0 Å². The summed E-state index contributed by atoms with van der Waals surface area (Å²) in [5, 5.41) is 0. The van der Waals surface area contributed by atoms with Crippen molar-refractivity contribution in [3.63, 3.8) is 0 Å². The molecule has 3 heterocycles. The Balaban J connectivity index is 1.53. The molecule has 2 aliphatic rings. The van der Waals surface area contributed by atoms with E-state index in [4.69, 9.17) is 4.74 Å². The summed E-state index contributed by atoms with van der Waals surface area (Å²) in [4.78, 5) is 23.0. The van der Waals surface area contributed by atoms with Crippen LogP contribution in [-0.2, 0) is 4.74 Å². The fourth-order valence-corrected chi connectivity index (χ4v) is 3.18. The number of carbonyl (C=O) groups is 1. The van der Waals surface area contributed by atoms with Crippen LogP contribution >= 0.6 is 0 Å². The number of hydrogen-bond donors (Lipinski definition) is 0. The van der Waals surface area contributed by atoms with Crippen molar-refractivity contribution < 1.29 is 9.53 Å². The first-order valence-corrected chi connectivity index (χ1v) is 7.40. The van der Waals surface area contributed by atoms with Crippen LogP contribution in [0.15, 0.2) is 30.6 Å². The third-order valence-electron chi connectivity index (χ3n) is 4.64. The molecule has 21 heavy (non-hydrogen) atoms. The first-order chi connectivity index (χ1) is 10.3. The molecule has 0 N–H and O–H groups in total. The van der Waals surface area contributed by atoms with Gasteiger partial charge in [0.2, 0.25) is 0 Å². The number of fused-ring (bicyclic) bond motifs is 1. The van der Waals surface area contributed by atoms with E-state index in [0.717, 1.165) is 50.0 Å². The molecule has 0 bridgehead atoms. The highest BCUT2D eigenvalue weighted by Gasteiger charge is 2.41. The number of hydrogen-bond acceptors (Lipinski definition) is 4. The monoisotopic (exact) mass is 283 g/mol. The van der Waals surface area contributed by atoms with Gasteiger partial charge < -0.3 is 9.64 Å². The minimum Gasteiger partial charge on any atom is -0.375 e. The van der Waals surface area contributed by atoms with Crippen LogP contribution in [0.2, 0.25) is 0 Å². The maximum absolute atomic E-state index is 12.6. The average Bonchev–Trinajstić information content (AvgIpc) is 2.52. The quantitative estimate of drug-likeness (QED) is 0.803. The van der Waals surface area contributed by atoms with Crippen molar-refractivity contribution in [1.29, 1.82) is 0 Å². The first kappa shape index (κ1) is 12.7. The van der Waals surface area contributed by atoms with E-state index in [2.05, 4.69) is 9.97 Å². The van der Waals surface area contributed by atoms with E-state index >= 15 is 0 Å². The Hall–Kier alpha value is -2.01. The van der Waals surface area contributed by atoms with E-state index in [1.54, 1.807) is 12.4 Å². The smallest absolute Gasteiger partial charge is 0.253 e. The van der Waals surface area contributed by atoms with Crippen molar-refractivity contribution in [2.75, 3.05) is 19.7 Å². The summed E-state index contributed by atoms with van der Waals surface area (Å²) in [6, 6.07) is 5.52. The van der Waals surface area contributed by atoms with E-state index in [-0.39, 0.29) is 11.5 Å². The molecule has 0 aliphatic carbocycles. The fourth-order valence-electron chi connectivity index (χ4n) is 3.18. The number of piperidine rings is 1. The second-order valence-corrected chi connectivity index (χ2v) is 5.83. The lowest BCUT2D eigenvalue weighted by molar-refractivity contribution is -0.169. The van der Waals surface area contributed by atoms with Gasteiger partial charge in [0.1, 0.15) is 0 Å². The molecule has 1 aromatic heterocycles. The molecule has 0 atom stereocenters. The Morgan fingerprint density at radius 3 is 2.48 bits per heavy atom. The largest absolute Gasteiger partial charge is 0.375 e. The van der Waals surface area contributed by atoms with Crippen LogP contribution in [0.5, 0.6) is 0 Å². The van der Waals surface area contributed by atoms with E-state index in [1.807, 2.05) is 23.1 Å². The Morgan fingerprint density at radius 2 is 1.81 bits per heavy atom. The summed E-state index contributed by atoms with van der Waals surface area (Å²) in [6.45, 7) is 2.42. The maximum atomic E-state index is 12.6. The number of ether oxygens (including phenoxy) is 1. The first-order valence-electron chi connectivity index (χ1n) is 7.40. The predicted molar refractivity (Wildman–Crippen MR) is 78.0 cm³/mol. The third kappa shape index (κ3) is 2.17. The molecule has 0 radical (unpaired) electrons. The number of carbonyl (C=O) groups excluding carboxylic acids is 1. The number of aromatic nitrogens is 2. The van der Waals surface area contributed by atoms with Crippen LogP contribution in [0, 0.1) is 0 Å². The molecule has 0 saturated carbocycles. The van der Waals surface area contributed by atoms with Gasteiger partial charge in [-0.15, -0.1) is 0 Å². The lowest BCUT2D eigenvalue weighted by Gasteiger charge is -2.47. The maximum Gasteiger partial charge on any atom is 0.253 e. The van der Waals surface area contributed by atoms with Gasteiger partial charge in [0, 0.05) is 31.0 Å². The molecule has 0 unspecified atom stereocenters. The van der Waals surface area contributed by atoms with Crippen LogP contribution in [0.1, 0.15) is 29.6 Å². The number of rotatable bonds is 1. The molecule has 2 aliphatic heterocycles. The van der Waals surface area contributed by atoms with Gasteiger partial charge in [0.15, 0.2) is 0 Å². The van der Waals surface area contributed by atoms with E-state index in [1.165, 1.54) is 0 Å². The average molecular weight is 283 g/mol. The number of amides is 1. The van der Waals surface area contributed by atoms with Gasteiger partial charge in [-0.05, 0) is 37.5 Å². The Bertz CT molecular complexity index is 687. The molecule has 2 saturated heterocycles.